The molecule has 0 spiro atoms. The fourth-order valence-electron chi connectivity index (χ4n) is 21.9. The van der Waals surface area contributed by atoms with Crippen LogP contribution < -0.4 is 29.4 Å². The number of hydrogen-bond acceptors (Lipinski definition) is 8. The molecule has 9 fully saturated rings. The molecule has 5 saturated carbocycles. The van der Waals surface area contributed by atoms with Gasteiger partial charge in [0.1, 0.15) is 0 Å². The molecular weight excluding hydrogens is 1150 g/mol. The Hall–Kier alpha value is -7.52. The van der Waals surface area contributed by atoms with Gasteiger partial charge in [-0.3, -0.25) is 9.80 Å². The van der Waals surface area contributed by atoms with Gasteiger partial charge >= 0.3 is 0 Å². The third-order valence-electron chi connectivity index (χ3n) is 25.4. The van der Waals surface area contributed by atoms with Gasteiger partial charge in [-0.2, -0.15) is 0 Å². The zero-order chi connectivity index (χ0) is 63.6. The van der Waals surface area contributed by atoms with Crippen molar-refractivity contribution in [1.29, 1.82) is 0 Å². The van der Waals surface area contributed by atoms with Crippen LogP contribution in [0.25, 0.3) is 0 Å². The molecule has 16 atom stereocenters. The second-order valence-corrected chi connectivity index (χ2v) is 30.8. The summed E-state index contributed by atoms with van der Waals surface area (Å²) in [7, 11) is 0. The molecule has 0 radical (unpaired) electrons. The molecule has 5 aliphatic carbocycles. The van der Waals surface area contributed by atoms with Crippen molar-refractivity contribution < 1.29 is 0 Å². The van der Waals surface area contributed by atoms with E-state index in [4.69, 9.17) is 0 Å². The average Bonchev–Trinajstić information content (AvgIpc) is 0.686. The predicted molar refractivity (Wildman–Crippen MR) is 393 cm³/mol. The fourth-order valence-corrected chi connectivity index (χ4v) is 21.9. The van der Waals surface area contributed by atoms with Crippen LogP contribution in [0.4, 0.5) is 45.5 Å². The van der Waals surface area contributed by atoms with Crippen LogP contribution in [0.2, 0.25) is 0 Å². The second-order valence-electron chi connectivity index (χ2n) is 30.8. The van der Waals surface area contributed by atoms with Gasteiger partial charge in [-0.25, -0.2) is 0 Å². The maximum absolute atomic E-state index is 3.40. The molecule has 8 aromatic rings. The summed E-state index contributed by atoms with van der Waals surface area (Å²) < 4.78 is 0. The summed E-state index contributed by atoms with van der Waals surface area (Å²) in [6.45, 7) is 18.7. The third-order valence-corrected chi connectivity index (χ3v) is 25.4. The van der Waals surface area contributed by atoms with Crippen LogP contribution in [-0.4, -0.2) is 106 Å². The predicted octanol–water partition coefficient (Wildman–Crippen LogP) is 18.2. The summed E-state index contributed by atoms with van der Waals surface area (Å²) in [6, 6.07) is 82.4. The van der Waals surface area contributed by atoms with Crippen molar-refractivity contribution in [2.24, 2.45) is 0 Å². The van der Waals surface area contributed by atoms with Crippen molar-refractivity contribution in [3.63, 3.8) is 0 Å². The van der Waals surface area contributed by atoms with Crippen molar-refractivity contribution >= 4 is 45.5 Å². The Morgan fingerprint density at radius 1 is 0.255 bits per heavy atom. The highest BCUT2D eigenvalue weighted by Gasteiger charge is 2.68. The van der Waals surface area contributed by atoms with Crippen LogP contribution in [0.15, 0.2) is 194 Å². The van der Waals surface area contributed by atoms with Crippen molar-refractivity contribution in [2.75, 3.05) is 29.4 Å². The van der Waals surface area contributed by atoms with E-state index >= 15 is 0 Å². The first-order valence-corrected chi connectivity index (χ1v) is 36.7. The molecule has 8 aromatic carbocycles. The number of nitrogens with zero attached hydrogens (tertiary/aromatic N) is 8. The number of piperazine rings is 4. The first kappa shape index (κ1) is 60.2. The van der Waals surface area contributed by atoms with E-state index in [1.54, 1.807) is 0 Å². The molecule has 8 nitrogen and oxygen atoms in total. The first-order valence-electron chi connectivity index (χ1n) is 36.7. The smallest absolute Gasteiger partial charge is 0.0512 e. The van der Waals surface area contributed by atoms with E-state index in [9.17, 15) is 0 Å². The Balaban J connectivity index is 0.874. The highest BCUT2D eigenvalue weighted by molar-refractivity contribution is 5.74. The molecule has 94 heavy (non-hydrogen) atoms. The standard InChI is InChI=1S/C86H100N8/c1-55-37-41-59(5)73(45-55)91(74-46-56(2)38-42-60(74)6)67-49-81-85-83(51-67)89(65-29-17-11-18-30-65)77-53-78-80(54-79(77)93(85)71-35-23-21-33-69(71)87(81)63-25-13-9-14-26-63)94-72-36-24-22-34-70(72)88(64-27-15-10-16-28-64)82-50-68(52-84(86(82)94)90(78)66-31-19-12-20-32-66)92(75-47-57(3)39-43-61(75)7)76-48-58(4)40-44-62(76)8/h9-20,25-32,37-48,67-72,77-86H,21-24,33-36,49-54H2,1-8H3. The summed E-state index contributed by atoms with van der Waals surface area (Å²) in [6.07, 6.45) is 16.9. The van der Waals surface area contributed by atoms with E-state index in [0.29, 0.717) is 72.5 Å². The number of para-hydroxylation sites is 4. The van der Waals surface area contributed by atoms with Gasteiger partial charge in [-0.1, -0.05) is 147 Å². The van der Waals surface area contributed by atoms with Crippen LogP contribution in [-0.2, 0) is 0 Å². The second kappa shape index (κ2) is 24.3. The normalized spacial score (nSPS) is 31.1. The quantitative estimate of drug-likeness (QED) is 0.134. The topological polar surface area (TPSA) is 25.9 Å². The molecule has 0 bridgehead atoms. The van der Waals surface area contributed by atoms with Gasteiger partial charge in [0.2, 0.25) is 0 Å². The van der Waals surface area contributed by atoms with Crippen molar-refractivity contribution in [3.8, 4) is 0 Å². The minimum absolute atomic E-state index is 0.244. The van der Waals surface area contributed by atoms with Gasteiger partial charge in [-0.15, -0.1) is 0 Å². The number of aryl methyl sites for hydroxylation is 8. The minimum Gasteiger partial charge on any atom is -0.362 e. The molecule has 0 N–H and O–H groups in total. The molecule has 8 heteroatoms. The number of anilines is 8. The van der Waals surface area contributed by atoms with Gasteiger partial charge in [0.25, 0.3) is 0 Å². The average molecular weight is 1250 g/mol. The highest BCUT2D eigenvalue weighted by Crippen LogP contribution is 2.58. The van der Waals surface area contributed by atoms with E-state index in [-0.39, 0.29) is 24.2 Å². The lowest BCUT2D eigenvalue weighted by atomic mass is 9.63. The summed E-state index contributed by atoms with van der Waals surface area (Å²) >= 11 is 0. The van der Waals surface area contributed by atoms with Gasteiger partial charge in [0.05, 0.1) is 12.1 Å². The van der Waals surface area contributed by atoms with Gasteiger partial charge in [-0.05, 0) is 237 Å². The lowest BCUT2D eigenvalue weighted by molar-refractivity contribution is -0.118. The minimum atomic E-state index is 0.244. The Morgan fingerprint density at radius 3 is 0.798 bits per heavy atom. The summed E-state index contributed by atoms with van der Waals surface area (Å²) in [5.41, 5.74) is 21.9. The highest BCUT2D eigenvalue weighted by atomic mass is 15.5. The fraction of sp³-hybridized carbons (Fsp3) is 0.442. The van der Waals surface area contributed by atoms with E-state index < -0.39 is 0 Å². The number of hydrogen-bond donors (Lipinski definition) is 0. The summed E-state index contributed by atoms with van der Waals surface area (Å²) in [5, 5.41) is 0. The Labute approximate surface area is 562 Å². The monoisotopic (exact) mass is 1240 g/mol. The molecule has 484 valence electrons. The van der Waals surface area contributed by atoms with E-state index in [2.05, 4.69) is 289 Å². The molecule has 4 saturated heterocycles. The van der Waals surface area contributed by atoms with Gasteiger partial charge in [0.15, 0.2) is 0 Å². The van der Waals surface area contributed by atoms with Crippen LogP contribution in [0, 0.1) is 55.4 Å². The van der Waals surface area contributed by atoms with Gasteiger partial charge < -0.3 is 29.4 Å². The lowest BCUT2D eigenvalue weighted by Crippen LogP contribution is -2.87. The first-order chi connectivity index (χ1) is 45.9. The molecule has 4 heterocycles. The molecule has 4 aliphatic heterocycles. The third kappa shape index (κ3) is 10.0. The molecule has 17 rings (SSSR count). The van der Waals surface area contributed by atoms with Crippen molar-refractivity contribution in [2.45, 2.75) is 242 Å². The maximum atomic E-state index is 3.40. The molecule has 9 aliphatic rings. The van der Waals surface area contributed by atoms with E-state index in [0.717, 1.165) is 32.1 Å². The molecule has 16 unspecified atom stereocenters. The van der Waals surface area contributed by atoms with Crippen LogP contribution in [0.5, 0.6) is 0 Å². The van der Waals surface area contributed by atoms with E-state index in [1.165, 1.54) is 148 Å². The zero-order valence-corrected chi connectivity index (χ0v) is 57.2. The molecular formula is C86H100N8. The molecule has 0 aromatic heterocycles. The van der Waals surface area contributed by atoms with Crippen LogP contribution in [0.1, 0.15) is 134 Å². The Bertz CT molecular complexity index is 3660. The van der Waals surface area contributed by atoms with Crippen molar-refractivity contribution in [3.05, 3.63) is 239 Å². The summed E-state index contributed by atoms with van der Waals surface area (Å²) in [5.74, 6) is 0. The van der Waals surface area contributed by atoms with Crippen LogP contribution in [0.3, 0.4) is 0 Å². The number of rotatable bonds is 10. The maximum Gasteiger partial charge on any atom is 0.0512 e. The molecule has 0 amide bonds. The number of benzene rings is 8. The van der Waals surface area contributed by atoms with Crippen LogP contribution >= 0.6 is 0 Å². The lowest BCUT2D eigenvalue weighted by Gasteiger charge is -2.74. The number of fused-ring (bicyclic) bond motifs is 8. The van der Waals surface area contributed by atoms with E-state index in [1.807, 2.05) is 0 Å². The Kier molecular flexibility index (Phi) is 15.5. The SMILES string of the molecule is Cc1ccc(C)c(N(c2cc(C)ccc2C)C2CC3C4C(C2)N(c2ccccc2)C2CC5C(CC2N4C2CCCCC2N3c2ccccc2)N2C3CCCCC3N(c3ccccc3)C3CC(N(c4cc(C)ccc4C)c4cc(C)ccc4C)CC(C32)N5c2ccccc2)c1. The van der Waals surface area contributed by atoms with Gasteiger partial charge in [0, 0.05) is 130 Å². The Morgan fingerprint density at radius 2 is 0.511 bits per heavy atom. The largest absolute Gasteiger partial charge is 0.362 e. The zero-order valence-electron chi connectivity index (χ0n) is 57.2. The van der Waals surface area contributed by atoms with Crippen molar-refractivity contribution in [1.82, 2.24) is 9.80 Å². The summed E-state index contributed by atoms with van der Waals surface area (Å²) in [4.78, 5) is 25.1.